The molecule has 6 aromatic rings. The Balaban J connectivity index is 1.62. The Morgan fingerprint density at radius 3 is 1.02 bits per heavy atom. The van der Waals surface area contributed by atoms with Crippen LogP contribution in [0.15, 0.2) is 36.4 Å². The van der Waals surface area contributed by atoms with Gasteiger partial charge in [0.2, 0.25) is 0 Å². The number of hydrogen-bond donors (Lipinski definition) is 0. The van der Waals surface area contributed by atoms with Crippen LogP contribution in [0, 0.1) is 118 Å². The number of fused-ring (bicyclic) bond motifs is 4. The van der Waals surface area contributed by atoms with Crippen molar-refractivity contribution in [1.82, 2.24) is 0 Å². The van der Waals surface area contributed by atoms with Gasteiger partial charge >= 0.3 is 6.18 Å². The van der Waals surface area contributed by atoms with Gasteiger partial charge in [-0.3, -0.25) is 0 Å². The molecule has 8 rings (SSSR count). The molecule has 0 radical (unpaired) electrons. The lowest BCUT2D eigenvalue weighted by Crippen LogP contribution is -2.27. The summed E-state index contributed by atoms with van der Waals surface area (Å²) in [6, 6.07) is 10.2. The zero-order valence-electron chi connectivity index (χ0n) is 39.4. The molecule has 0 amide bonds. The van der Waals surface area contributed by atoms with Gasteiger partial charge in [-0.1, -0.05) is 24.3 Å². The molecule has 5 heteroatoms. The van der Waals surface area contributed by atoms with Crippen LogP contribution in [0.1, 0.15) is 122 Å². The highest BCUT2D eigenvalue weighted by Gasteiger charge is 2.40. The maximum atomic E-state index is 15.3. The van der Waals surface area contributed by atoms with Gasteiger partial charge in [-0.2, -0.15) is 13.2 Å². The Morgan fingerprint density at radius 1 is 0.328 bits per heavy atom. The largest absolute Gasteiger partial charge is 0.417 e. The van der Waals surface area contributed by atoms with Crippen molar-refractivity contribution in [2.45, 2.75) is 137 Å². The smallest absolute Gasteiger partial charge is 0.309 e. The lowest BCUT2D eigenvalue weighted by molar-refractivity contribution is -0.137. The topological polar surface area (TPSA) is 6.48 Å². The molecular weight excluding hydrogens is 758 g/mol. The van der Waals surface area contributed by atoms with Gasteiger partial charge in [-0.05, 0) is 252 Å². The third-order valence-electron chi connectivity index (χ3n) is 16.1. The van der Waals surface area contributed by atoms with Crippen LogP contribution in [-0.2, 0) is 19.0 Å². The van der Waals surface area contributed by atoms with Gasteiger partial charge in [0.25, 0.3) is 0 Å². The van der Waals surface area contributed by atoms with E-state index in [-0.39, 0.29) is 5.56 Å². The SMILES string of the molecule is Cc1c(C)c(C)c2c(c1C)Cc1c(C)c(C)c(C)c(C)c1N2c1ccc(-c2ccccc2C(F)(F)F)c(N2c3c(C)c(C)c(C)c(C)c3Cc3c(C)c(C)c(C)c(C)c32)c1C. The van der Waals surface area contributed by atoms with E-state index >= 15 is 13.2 Å². The second kappa shape index (κ2) is 14.4. The molecule has 2 aliphatic heterocycles. The first-order valence-electron chi connectivity index (χ1n) is 21.8. The van der Waals surface area contributed by atoms with Crippen molar-refractivity contribution in [1.29, 1.82) is 0 Å². The van der Waals surface area contributed by atoms with Gasteiger partial charge in [-0.25, -0.2) is 0 Å². The van der Waals surface area contributed by atoms with E-state index in [9.17, 15) is 0 Å². The number of halogens is 3. The van der Waals surface area contributed by atoms with Crippen molar-refractivity contribution in [2.24, 2.45) is 0 Å². The minimum absolute atomic E-state index is 0.182. The maximum Gasteiger partial charge on any atom is 0.417 e. The van der Waals surface area contributed by atoms with E-state index in [4.69, 9.17) is 0 Å². The fourth-order valence-electron chi connectivity index (χ4n) is 11.0. The maximum absolute atomic E-state index is 15.3. The molecule has 0 spiro atoms. The third-order valence-corrected chi connectivity index (χ3v) is 16.1. The highest BCUT2D eigenvalue weighted by Crippen LogP contribution is 2.58. The van der Waals surface area contributed by atoms with E-state index in [0.717, 1.165) is 52.3 Å². The molecule has 0 atom stereocenters. The van der Waals surface area contributed by atoms with Crippen molar-refractivity contribution in [3.05, 3.63) is 159 Å². The lowest BCUT2D eigenvalue weighted by Gasteiger charge is -2.43. The Labute approximate surface area is 362 Å². The molecule has 2 heterocycles. The monoisotopic (exact) mass is 818 g/mol. The fraction of sp³-hybridized carbons (Fsp3) is 0.357. The van der Waals surface area contributed by atoms with E-state index in [1.165, 1.54) is 124 Å². The van der Waals surface area contributed by atoms with E-state index in [1.807, 2.05) is 6.07 Å². The summed E-state index contributed by atoms with van der Waals surface area (Å²) in [6.07, 6.45) is -2.97. The molecular formula is C56H61F3N2. The van der Waals surface area contributed by atoms with Crippen LogP contribution in [0.3, 0.4) is 0 Å². The fourth-order valence-corrected chi connectivity index (χ4v) is 11.0. The summed E-state index contributed by atoms with van der Waals surface area (Å²) >= 11 is 0. The Bertz CT molecular complexity index is 2780. The van der Waals surface area contributed by atoms with Crippen molar-refractivity contribution in [3.8, 4) is 11.1 Å². The molecule has 6 aromatic carbocycles. The van der Waals surface area contributed by atoms with Crippen LogP contribution < -0.4 is 9.80 Å². The number of alkyl halides is 3. The summed E-state index contributed by atoms with van der Waals surface area (Å²) in [6.45, 7) is 37.8. The van der Waals surface area contributed by atoms with Gasteiger partial charge in [-0.15, -0.1) is 0 Å². The van der Waals surface area contributed by atoms with Crippen molar-refractivity contribution in [2.75, 3.05) is 9.80 Å². The molecule has 2 aliphatic rings. The molecule has 316 valence electrons. The number of rotatable bonds is 3. The average Bonchev–Trinajstić information content (AvgIpc) is 3.24. The van der Waals surface area contributed by atoms with Gasteiger partial charge in [0.05, 0.1) is 39.7 Å². The zero-order valence-corrected chi connectivity index (χ0v) is 39.4. The molecule has 0 aromatic heterocycles. The third kappa shape index (κ3) is 5.89. The first-order valence-corrected chi connectivity index (χ1v) is 21.8. The quantitative estimate of drug-likeness (QED) is 0.175. The van der Waals surface area contributed by atoms with E-state index < -0.39 is 11.7 Å². The molecule has 0 aliphatic carbocycles. The summed E-state index contributed by atoms with van der Waals surface area (Å²) in [4.78, 5) is 4.90. The van der Waals surface area contributed by atoms with Crippen molar-refractivity contribution in [3.63, 3.8) is 0 Å². The number of anilines is 6. The van der Waals surface area contributed by atoms with Gasteiger partial charge < -0.3 is 9.80 Å². The number of hydrogen-bond acceptors (Lipinski definition) is 2. The summed E-state index contributed by atoms with van der Waals surface area (Å²) in [5, 5.41) is 0. The zero-order chi connectivity index (χ0) is 44.6. The van der Waals surface area contributed by atoms with Gasteiger partial charge in [0, 0.05) is 18.4 Å². The first-order chi connectivity index (χ1) is 28.5. The normalized spacial score (nSPS) is 13.4. The molecule has 61 heavy (non-hydrogen) atoms. The Hall–Kier alpha value is -5.29. The highest BCUT2D eigenvalue weighted by atomic mass is 19.4. The van der Waals surface area contributed by atoms with Crippen LogP contribution in [-0.4, -0.2) is 0 Å². The molecule has 0 saturated heterocycles. The summed E-state index contributed by atoms with van der Waals surface area (Å²) in [5.41, 5.74) is 32.4. The molecule has 0 unspecified atom stereocenters. The minimum Gasteiger partial charge on any atom is -0.309 e. The molecule has 0 saturated carbocycles. The highest BCUT2D eigenvalue weighted by molar-refractivity contribution is 6.01. The van der Waals surface area contributed by atoms with E-state index in [2.05, 4.69) is 134 Å². The summed E-state index contributed by atoms with van der Waals surface area (Å²) < 4.78 is 45.9. The predicted octanol–water partition coefficient (Wildman–Crippen LogP) is 16.4. The summed E-state index contributed by atoms with van der Waals surface area (Å²) in [7, 11) is 0. The van der Waals surface area contributed by atoms with Crippen LogP contribution in [0.4, 0.5) is 47.3 Å². The second-order valence-corrected chi connectivity index (χ2v) is 18.5. The Morgan fingerprint density at radius 2 is 0.656 bits per heavy atom. The molecule has 0 N–H and O–H groups in total. The predicted molar refractivity (Wildman–Crippen MR) is 252 cm³/mol. The van der Waals surface area contributed by atoms with E-state index in [1.54, 1.807) is 12.1 Å². The standard InChI is InChI=1S/C56H61F3N2/c1-26-30(5)38(13)51-45(34(26)9)24-46-35(10)27(2)31(6)39(14)52(46)60(51)50-23-22-44(43-20-18-19-21-49(43)56(57,58)59)55(42(50)17)61-53-40(15)32(7)28(3)36(11)47(53)25-48-37(12)29(4)33(8)41(16)54(48)61/h18-23H,24-25H2,1-17H3. The van der Waals surface area contributed by atoms with Crippen LogP contribution in [0.5, 0.6) is 0 Å². The first kappa shape index (κ1) is 42.4. The minimum atomic E-state index is -4.56. The van der Waals surface area contributed by atoms with Crippen LogP contribution >= 0.6 is 0 Å². The second-order valence-electron chi connectivity index (χ2n) is 18.5. The molecule has 0 fully saturated rings. The number of benzene rings is 6. The van der Waals surface area contributed by atoms with Crippen molar-refractivity contribution >= 4 is 34.1 Å². The van der Waals surface area contributed by atoms with E-state index in [0.29, 0.717) is 5.56 Å². The summed E-state index contributed by atoms with van der Waals surface area (Å²) in [5.74, 6) is 0. The Kier molecular flexibility index (Phi) is 10.0. The van der Waals surface area contributed by atoms with Gasteiger partial charge in [0.1, 0.15) is 0 Å². The van der Waals surface area contributed by atoms with Crippen LogP contribution in [0.25, 0.3) is 11.1 Å². The van der Waals surface area contributed by atoms with Gasteiger partial charge in [0.15, 0.2) is 0 Å². The molecule has 0 bridgehead atoms. The molecule has 2 nitrogen and oxygen atoms in total. The average molecular weight is 819 g/mol. The lowest BCUT2D eigenvalue weighted by atomic mass is 9.79. The van der Waals surface area contributed by atoms with Crippen molar-refractivity contribution < 1.29 is 13.2 Å². The van der Waals surface area contributed by atoms with Crippen LogP contribution in [0.2, 0.25) is 0 Å². The number of nitrogens with zero attached hydrogens (tertiary/aromatic N) is 2.